The lowest BCUT2D eigenvalue weighted by Crippen LogP contribution is -2.01. The molecule has 2 rings (SSSR count). The number of nitrogen functional groups attached to an aromatic ring is 1. The minimum Gasteiger partial charge on any atom is -0.497 e. The highest BCUT2D eigenvalue weighted by molar-refractivity contribution is 7.89. The van der Waals surface area contributed by atoms with Crippen molar-refractivity contribution in [1.29, 1.82) is 0 Å². The number of hydrogen-bond acceptors (Lipinski definition) is 6. The predicted octanol–water partition coefficient (Wildman–Crippen LogP) is 1.48. The van der Waals surface area contributed by atoms with Crippen LogP contribution in [0, 0.1) is 0 Å². The normalized spacial score (nSPS) is 11.5. The number of sulfone groups is 1. The Balaban J connectivity index is 2.45. The van der Waals surface area contributed by atoms with Gasteiger partial charge in [0.25, 0.3) is 0 Å². The van der Waals surface area contributed by atoms with E-state index in [0.717, 1.165) is 11.8 Å². The van der Waals surface area contributed by atoms with E-state index in [0.29, 0.717) is 11.3 Å². The Labute approximate surface area is 111 Å². The second-order valence-electron chi connectivity index (χ2n) is 4.16. The van der Waals surface area contributed by atoms with Gasteiger partial charge in [-0.15, -0.1) is 0 Å². The van der Waals surface area contributed by atoms with E-state index in [2.05, 4.69) is 5.16 Å². The zero-order valence-corrected chi connectivity index (χ0v) is 11.4. The Morgan fingerprint density at radius 2 is 1.95 bits per heavy atom. The zero-order valence-electron chi connectivity index (χ0n) is 10.6. The van der Waals surface area contributed by atoms with Crippen molar-refractivity contribution in [3.63, 3.8) is 0 Å². The molecule has 2 N–H and O–H groups in total. The van der Waals surface area contributed by atoms with Gasteiger partial charge in [0.2, 0.25) is 0 Å². The molecule has 0 radical (unpaired) electrons. The predicted molar refractivity (Wildman–Crippen MR) is 71.5 cm³/mol. The molecule has 0 aliphatic carbocycles. The molecule has 0 aliphatic heterocycles. The van der Waals surface area contributed by atoms with Crippen molar-refractivity contribution in [2.75, 3.05) is 19.1 Å². The van der Waals surface area contributed by atoms with Gasteiger partial charge in [-0.25, -0.2) is 8.42 Å². The number of hydrogen-bond donors (Lipinski definition) is 1. The van der Waals surface area contributed by atoms with Gasteiger partial charge in [-0.1, -0.05) is 17.3 Å². The zero-order chi connectivity index (χ0) is 14.0. The molecule has 0 amide bonds. The summed E-state index contributed by atoms with van der Waals surface area (Å²) in [5.74, 6) is 0.871. The number of nitrogens with two attached hydrogens (primary N) is 1. The molecule has 1 heterocycles. The molecule has 0 bridgehead atoms. The molecule has 19 heavy (non-hydrogen) atoms. The maximum Gasteiger partial charge on any atom is 0.175 e. The van der Waals surface area contributed by atoms with E-state index in [4.69, 9.17) is 15.0 Å². The van der Waals surface area contributed by atoms with Crippen molar-refractivity contribution in [2.45, 2.75) is 5.75 Å². The molecule has 2 aromatic rings. The van der Waals surface area contributed by atoms with E-state index in [-0.39, 0.29) is 17.3 Å². The summed E-state index contributed by atoms with van der Waals surface area (Å²) in [4.78, 5) is 0. The summed E-state index contributed by atoms with van der Waals surface area (Å²) in [6.45, 7) is 0. The fraction of sp³-hybridized carbons (Fsp3) is 0.250. The third kappa shape index (κ3) is 3.05. The fourth-order valence-electron chi connectivity index (χ4n) is 1.74. The van der Waals surface area contributed by atoms with E-state index < -0.39 is 9.84 Å². The molecule has 1 aromatic carbocycles. The SMILES string of the molecule is COc1ccc(-c2c(N)noc2CS(C)(=O)=O)cc1. The summed E-state index contributed by atoms with van der Waals surface area (Å²) in [7, 11) is -1.65. The first-order chi connectivity index (χ1) is 8.90. The van der Waals surface area contributed by atoms with Crippen LogP contribution in [0.2, 0.25) is 0 Å². The number of benzene rings is 1. The van der Waals surface area contributed by atoms with Gasteiger partial charge in [0.1, 0.15) is 11.5 Å². The van der Waals surface area contributed by atoms with E-state index in [1.165, 1.54) is 0 Å². The van der Waals surface area contributed by atoms with Gasteiger partial charge in [0, 0.05) is 6.26 Å². The molecule has 0 unspecified atom stereocenters. The molecule has 0 fully saturated rings. The van der Waals surface area contributed by atoms with E-state index in [9.17, 15) is 8.42 Å². The van der Waals surface area contributed by atoms with Gasteiger partial charge in [0.05, 0.1) is 12.7 Å². The van der Waals surface area contributed by atoms with Crippen LogP contribution in [0.3, 0.4) is 0 Å². The summed E-state index contributed by atoms with van der Waals surface area (Å²) in [6.07, 6.45) is 1.13. The van der Waals surface area contributed by atoms with Gasteiger partial charge in [-0.3, -0.25) is 0 Å². The van der Waals surface area contributed by atoms with Crippen LogP contribution in [0.15, 0.2) is 28.8 Å². The molecule has 0 atom stereocenters. The largest absolute Gasteiger partial charge is 0.497 e. The average Bonchev–Trinajstić information content (AvgIpc) is 2.68. The molecule has 102 valence electrons. The Bertz CT molecular complexity index is 674. The lowest BCUT2D eigenvalue weighted by molar-refractivity contribution is 0.396. The lowest BCUT2D eigenvalue weighted by Gasteiger charge is -2.04. The summed E-state index contributed by atoms with van der Waals surface area (Å²) < 4.78 is 32.7. The lowest BCUT2D eigenvalue weighted by atomic mass is 10.1. The first-order valence-electron chi connectivity index (χ1n) is 5.47. The Morgan fingerprint density at radius 3 is 2.47 bits per heavy atom. The van der Waals surface area contributed by atoms with Crippen LogP contribution in [-0.4, -0.2) is 26.9 Å². The Kier molecular flexibility index (Phi) is 3.48. The fourth-order valence-corrected chi connectivity index (χ4v) is 2.41. The third-order valence-electron chi connectivity index (χ3n) is 2.56. The summed E-state index contributed by atoms with van der Waals surface area (Å²) in [5.41, 5.74) is 6.97. The molecule has 0 saturated carbocycles. The van der Waals surface area contributed by atoms with Crippen molar-refractivity contribution < 1.29 is 17.7 Å². The van der Waals surface area contributed by atoms with Crippen molar-refractivity contribution >= 4 is 15.7 Å². The average molecular weight is 282 g/mol. The van der Waals surface area contributed by atoms with Crippen LogP contribution in [-0.2, 0) is 15.6 Å². The quantitative estimate of drug-likeness (QED) is 0.912. The highest BCUT2D eigenvalue weighted by atomic mass is 32.2. The minimum absolute atomic E-state index is 0.170. The van der Waals surface area contributed by atoms with Crippen molar-refractivity contribution in [3.05, 3.63) is 30.0 Å². The maximum absolute atomic E-state index is 11.3. The molecular weight excluding hydrogens is 268 g/mol. The molecule has 0 spiro atoms. The molecule has 7 heteroatoms. The van der Waals surface area contributed by atoms with E-state index in [1.54, 1.807) is 31.4 Å². The number of methoxy groups -OCH3 is 1. The van der Waals surface area contributed by atoms with Crippen molar-refractivity contribution in [2.24, 2.45) is 0 Å². The van der Waals surface area contributed by atoms with E-state index >= 15 is 0 Å². The van der Waals surface area contributed by atoms with Crippen LogP contribution >= 0.6 is 0 Å². The maximum atomic E-state index is 11.3. The minimum atomic E-state index is -3.22. The number of aromatic nitrogens is 1. The molecule has 0 aliphatic rings. The van der Waals surface area contributed by atoms with E-state index in [1.807, 2.05) is 0 Å². The Morgan fingerprint density at radius 1 is 1.32 bits per heavy atom. The Hall–Kier alpha value is -2.02. The smallest absolute Gasteiger partial charge is 0.175 e. The van der Waals surface area contributed by atoms with Gasteiger partial charge in [-0.05, 0) is 17.7 Å². The molecule has 1 aromatic heterocycles. The second kappa shape index (κ2) is 4.93. The van der Waals surface area contributed by atoms with Crippen LogP contribution in [0.25, 0.3) is 11.1 Å². The molecule has 6 nitrogen and oxygen atoms in total. The first kappa shape index (κ1) is 13.4. The third-order valence-corrected chi connectivity index (χ3v) is 3.35. The van der Waals surface area contributed by atoms with Crippen LogP contribution in [0.5, 0.6) is 5.75 Å². The van der Waals surface area contributed by atoms with Crippen molar-refractivity contribution in [1.82, 2.24) is 5.16 Å². The van der Waals surface area contributed by atoms with Gasteiger partial charge >= 0.3 is 0 Å². The summed E-state index contributed by atoms with van der Waals surface area (Å²) in [6, 6.07) is 7.05. The van der Waals surface area contributed by atoms with Crippen LogP contribution < -0.4 is 10.5 Å². The topological polar surface area (TPSA) is 95.4 Å². The number of nitrogens with zero attached hydrogens (tertiary/aromatic N) is 1. The van der Waals surface area contributed by atoms with Gasteiger partial charge < -0.3 is 15.0 Å². The first-order valence-corrected chi connectivity index (χ1v) is 7.53. The number of anilines is 1. The summed E-state index contributed by atoms with van der Waals surface area (Å²) in [5, 5.41) is 3.63. The van der Waals surface area contributed by atoms with Crippen LogP contribution in [0.1, 0.15) is 5.76 Å². The van der Waals surface area contributed by atoms with Crippen LogP contribution in [0.4, 0.5) is 5.82 Å². The van der Waals surface area contributed by atoms with Gasteiger partial charge in [-0.2, -0.15) is 0 Å². The number of ether oxygens (including phenoxy) is 1. The number of rotatable bonds is 4. The highest BCUT2D eigenvalue weighted by Gasteiger charge is 2.19. The standard InChI is InChI=1S/C12H14N2O4S/c1-17-9-5-3-8(4-6-9)11-10(7-19(2,15)16)18-14-12(11)13/h3-6H,7H2,1-2H3,(H2,13,14). The highest BCUT2D eigenvalue weighted by Crippen LogP contribution is 2.31. The second-order valence-corrected chi connectivity index (χ2v) is 6.30. The molecule has 0 saturated heterocycles. The van der Waals surface area contributed by atoms with Crippen molar-refractivity contribution in [3.8, 4) is 16.9 Å². The van der Waals surface area contributed by atoms with Gasteiger partial charge in [0.15, 0.2) is 21.4 Å². The monoisotopic (exact) mass is 282 g/mol. The molecular formula is C12H14N2O4S. The summed E-state index contributed by atoms with van der Waals surface area (Å²) >= 11 is 0.